The molecule has 1 aromatic heterocycles. The number of halogens is 1. The molecule has 0 spiro atoms. The van der Waals surface area contributed by atoms with Gasteiger partial charge in [-0.1, -0.05) is 13.8 Å². The molecule has 74 valence electrons. The van der Waals surface area contributed by atoms with E-state index in [1.807, 2.05) is 0 Å². The molecule has 0 aliphatic carbocycles. The zero-order valence-corrected chi connectivity index (χ0v) is 9.87. The van der Waals surface area contributed by atoms with E-state index in [2.05, 4.69) is 30.7 Å². The van der Waals surface area contributed by atoms with Gasteiger partial charge in [0.15, 0.2) is 0 Å². The molecular formula is C11H17ClS. The van der Waals surface area contributed by atoms with Crippen LogP contribution in [0.3, 0.4) is 0 Å². The van der Waals surface area contributed by atoms with E-state index < -0.39 is 0 Å². The maximum absolute atomic E-state index is 5.91. The summed E-state index contributed by atoms with van der Waals surface area (Å²) in [5, 5.41) is 4.37. The summed E-state index contributed by atoms with van der Waals surface area (Å²) in [6, 6.07) is 2.20. The van der Waals surface area contributed by atoms with Gasteiger partial charge in [0.2, 0.25) is 0 Å². The molecule has 0 bridgehead atoms. The van der Waals surface area contributed by atoms with Crippen LogP contribution in [0.5, 0.6) is 0 Å². The molecule has 0 saturated heterocycles. The Morgan fingerprint density at radius 2 is 2.23 bits per heavy atom. The number of aryl methyl sites for hydroxylation is 1. The van der Waals surface area contributed by atoms with Crippen LogP contribution in [0, 0.1) is 11.8 Å². The molecule has 1 heterocycles. The molecule has 0 fully saturated rings. The van der Waals surface area contributed by atoms with Gasteiger partial charge in [0.25, 0.3) is 0 Å². The van der Waals surface area contributed by atoms with E-state index in [0.717, 1.165) is 5.88 Å². The standard InChI is InChI=1S/C11H17ClS/c1-9(2)11(7-12)4-3-10-5-6-13-8-10/h5-6,8-9,11H,3-4,7H2,1-2H3. The van der Waals surface area contributed by atoms with Crippen molar-refractivity contribution >= 4 is 22.9 Å². The van der Waals surface area contributed by atoms with E-state index in [1.165, 1.54) is 18.4 Å². The van der Waals surface area contributed by atoms with E-state index >= 15 is 0 Å². The average Bonchev–Trinajstić information content (AvgIpc) is 2.57. The van der Waals surface area contributed by atoms with Gasteiger partial charge in [0.05, 0.1) is 0 Å². The van der Waals surface area contributed by atoms with Gasteiger partial charge in [0.1, 0.15) is 0 Å². The van der Waals surface area contributed by atoms with Crippen LogP contribution in [0.2, 0.25) is 0 Å². The van der Waals surface area contributed by atoms with Crippen molar-refractivity contribution < 1.29 is 0 Å². The summed E-state index contributed by atoms with van der Waals surface area (Å²) in [7, 11) is 0. The Kier molecular flexibility index (Phi) is 4.82. The van der Waals surface area contributed by atoms with Crippen molar-refractivity contribution in [1.29, 1.82) is 0 Å². The summed E-state index contributed by atoms with van der Waals surface area (Å²) in [5.74, 6) is 2.17. The van der Waals surface area contributed by atoms with E-state index in [0.29, 0.717) is 11.8 Å². The van der Waals surface area contributed by atoms with Crippen molar-refractivity contribution in [3.8, 4) is 0 Å². The largest absolute Gasteiger partial charge is 0.152 e. The van der Waals surface area contributed by atoms with Crippen molar-refractivity contribution in [3.05, 3.63) is 22.4 Å². The summed E-state index contributed by atoms with van der Waals surface area (Å²) in [4.78, 5) is 0. The van der Waals surface area contributed by atoms with E-state index in [-0.39, 0.29) is 0 Å². The van der Waals surface area contributed by atoms with Gasteiger partial charge in [-0.15, -0.1) is 11.6 Å². The molecule has 1 aromatic rings. The SMILES string of the molecule is CC(C)C(CCl)CCc1ccsc1. The molecule has 0 nitrogen and oxygen atoms in total. The second-order valence-corrected chi connectivity index (χ2v) is 4.92. The molecule has 0 aliphatic heterocycles. The van der Waals surface area contributed by atoms with E-state index in [4.69, 9.17) is 11.6 Å². The minimum Gasteiger partial charge on any atom is -0.152 e. The van der Waals surface area contributed by atoms with Crippen LogP contribution in [0.4, 0.5) is 0 Å². The zero-order chi connectivity index (χ0) is 9.68. The molecule has 0 radical (unpaired) electrons. The highest BCUT2D eigenvalue weighted by atomic mass is 35.5. The molecule has 0 N–H and O–H groups in total. The minimum absolute atomic E-state index is 0.668. The fourth-order valence-electron chi connectivity index (χ4n) is 1.38. The topological polar surface area (TPSA) is 0 Å². The Morgan fingerprint density at radius 1 is 1.46 bits per heavy atom. The third-order valence-electron chi connectivity index (χ3n) is 2.52. The first-order valence-corrected chi connectivity index (χ1v) is 6.28. The Labute approximate surface area is 89.9 Å². The Hall–Kier alpha value is -0.0100. The maximum atomic E-state index is 5.91. The lowest BCUT2D eigenvalue weighted by Crippen LogP contribution is -2.11. The lowest BCUT2D eigenvalue weighted by atomic mass is 9.92. The van der Waals surface area contributed by atoms with Crippen molar-refractivity contribution in [2.45, 2.75) is 26.7 Å². The fraction of sp³-hybridized carbons (Fsp3) is 0.636. The summed E-state index contributed by atoms with van der Waals surface area (Å²) >= 11 is 7.68. The van der Waals surface area contributed by atoms with Crippen LogP contribution in [0.25, 0.3) is 0 Å². The van der Waals surface area contributed by atoms with E-state index in [1.54, 1.807) is 11.3 Å². The second-order valence-electron chi connectivity index (χ2n) is 3.83. The molecular weight excluding hydrogens is 200 g/mol. The maximum Gasteiger partial charge on any atom is 0.0254 e. The fourth-order valence-corrected chi connectivity index (χ4v) is 2.59. The first kappa shape index (κ1) is 11.1. The van der Waals surface area contributed by atoms with Crippen LogP contribution in [-0.4, -0.2) is 5.88 Å². The summed E-state index contributed by atoms with van der Waals surface area (Å²) in [6.45, 7) is 4.50. The molecule has 1 rings (SSSR count). The highest BCUT2D eigenvalue weighted by Crippen LogP contribution is 2.20. The molecule has 0 aromatic carbocycles. The van der Waals surface area contributed by atoms with Crippen molar-refractivity contribution in [3.63, 3.8) is 0 Å². The molecule has 13 heavy (non-hydrogen) atoms. The van der Waals surface area contributed by atoms with E-state index in [9.17, 15) is 0 Å². The Bertz CT molecular complexity index is 216. The number of rotatable bonds is 5. The van der Waals surface area contributed by atoms with Gasteiger partial charge < -0.3 is 0 Å². The predicted molar refractivity (Wildman–Crippen MR) is 61.7 cm³/mol. The average molecular weight is 217 g/mol. The molecule has 2 heteroatoms. The second kappa shape index (κ2) is 5.66. The molecule has 0 amide bonds. The highest BCUT2D eigenvalue weighted by molar-refractivity contribution is 7.07. The van der Waals surface area contributed by atoms with Crippen molar-refractivity contribution in [2.75, 3.05) is 5.88 Å². The first-order chi connectivity index (χ1) is 6.24. The van der Waals surface area contributed by atoms with Crippen LogP contribution < -0.4 is 0 Å². The van der Waals surface area contributed by atoms with Crippen LogP contribution >= 0.6 is 22.9 Å². The quantitative estimate of drug-likeness (QED) is 0.648. The Morgan fingerprint density at radius 3 is 2.69 bits per heavy atom. The molecule has 1 unspecified atom stereocenters. The molecule has 0 saturated carbocycles. The van der Waals surface area contributed by atoms with Crippen LogP contribution in [0.15, 0.2) is 16.8 Å². The lowest BCUT2D eigenvalue weighted by molar-refractivity contribution is 0.397. The zero-order valence-electron chi connectivity index (χ0n) is 8.29. The van der Waals surface area contributed by atoms with Crippen molar-refractivity contribution in [1.82, 2.24) is 0 Å². The lowest BCUT2D eigenvalue weighted by Gasteiger charge is -2.17. The predicted octanol–water partition coefficient (Wildman–Crippen LogP) is 4.19. The third-order valence-corrected chi connectivity index (χ3v) is 3.65. The van der Waals surface area contributed by atoms with Gasteiger partial charge in [0, 0.05) is 5.88 Å². The van der Waals surface area contributed by atoms with Gasteiger partial charge >= 0.3 is 0 Å². The molecule has 0 aliphatic rings. The van der Waals surface area contributed by atoms with Gasteiger partial charge in [-0.2, -0.15) is 11.3 Å². The number of thiophene rings is 1. The van der Waals surface area contributed by atoms with Gasteiger partial charge in [-0.05, 0) is 47.1 Å². The normalized spacial score (nSPS) is 13.5. The van der Waals surface area contributed by atoms with Gasteiger partial charge in [-0.25, -0.2) is 0 Å². The smallest absolute Gasteiger partial charge is 0.0254 e. The van der Waals surface area contributed by atoms with Crippen LogP contribution in [-0.2, 0) is 6.42 Å². The molecule has 1 atom stereocenters. The highest BCUT2D eigenvalue weighted by Gasteiger charge is 2.11. The number of hydrogen-bond donors (Lipinski definition) is 0. The van der Waals surface area contributed by atoms with Crippen molar-refractivity contribution in [2.24, 2.45) is 11.8 Å². The third kappa shape index (κ3) is 3.70. The van der Waals surface area contributed by atoms with Crippen LogP contribution in [0.1, 0.15) is 25.8 Å². The first-order valence-electron chi connectivity index (χ1n) is 4.81. The van der Waals surface area contributed by atoms with Gasteiger partial charge in [-0.3, -0.25) is 0 Å². The number of alkyl halides is 1. The summed E-state index contributed by atoms with van der Waals surface area (Å²) in [6.07, 6.45) is 2.40. The summed E-state index contributed by atoms with van der Waals surface area (Å²) < 4.78 is 0. The number of hydrogen-bond acceptors (Lipinski definition) is 1. The Balaban J connectivity index is 2.32. The summed E-state index contributed by atoms with van der Waals surface area (Å²) in [5.41, 5.74) is 1.46. The monoisotopic (exact) mass is 216 g/mol. The minimum atomic E-state index is 0.668.